The molecule has 9 rings (SSSR count). The Morgan fingerprint density at radius 2 is 1.06 bits per heavy atom. The Kier molecular flexibility index (Phi) is 23.3. The molecule has 5 amide bonds. The smallest absolute Gasteiger partial charge is 0.410 e. The molecule has 4 aromatic carbocycles. The lowest BCUT2D eigenvalue weighted by molar-refractivity contribution is -0.126. The van der Waals surface area contributed by atoms with Gasteiger partial charge in [0.25, 0.3) is 11.8 Å². The second kappa shape index (κ2) is 31.3. The number of likely N-dealkylation sites (tertiary alicyclic amines) is 1. The van der Waals surface area contributed by atoms with E-state index in [0.717, 1.165) is 35.4 Å². The molecule has 0 atom stereocenters. The minimum absolute atomic E-state index is 0.0688. The minimum Gasteiger partial charge on any atom is -0.465 e. The highest BCUT2D eigenvalue weighted by molar-refractivity contribution is 5.97. The van der Waals surface area contributed by atoms with E-state index in [0.29, 0.717) is 105 Å². The molecule has 4 aromatic heterocycles. The molecule has 0 unspecified atom stereocenters. The van der Waals surface area contributed by atoms with Crippen molar-refractivity contribution in [1.29, 1.82) is 0 Å². The molecular weight excluding hydrogens is 1270 g/mol. The molecule has 0 spiro atoms. The van der Waals surface area contributed by atoms with Crippen molar-refractivity contribution in [3.05, 3.63) is 143 Å². The van der Waals surface area contributed by atoms with Crippen LogP contribution in [0, 0.1) is 29.2 Å². The number of aromatic nitrogens is 6. The highest BCUT2D eigenvalue weighted by atomic mass is 19.3. The first kappa shape index (κ1) is 71.6. The standard InChI is InChI=1S/C36H41F4N7O5.C30H32F4N6O4/c1-5-21-19-23(45-30-31-44-20-26(47(31)18-15-41-30)25-9-10-27(51-34(39)40)29(38)28(25)37)7-8-24(21)33(49)43-14-6-13-42-32(48)22-11-16-46(17-12-22)35(50)52-36(2,3)4;1-5-17-15-18(7-8-19(17)27(41)36-11-6-13-40(29(42)43)30(2,3)4)38-25-26-37-16-21(39(26)14-12-35-25)20-9-10-22(44-28(33)34)24(32)23(20)31/h7-10,15,18-20,22,34H,5-6,11-14,16-17H2,1-4H3,(H,41,45)(H,42,48)(H,43,49);7-10,12,14-16,28H,5-6,11,13H2,1-4H3,(H,35,38)(H,36,41)(H,42,43). The molecule has 8 aromatic rings. The Morgan fingerprint density at radius 1 is 0.615 bits per heavy atom. The summed E-state index contributed by atoms with van der Waals surface area (Å²) in [5.41, 5.74) is 2.95. The maximum Gasteiger partial charge on any atom is 0.410 e. The highest BCUT2D eigenvalue weighted by Gasteiger charge is 2.31. The fraction of sp³-hybridized carbons (Fsp3) is 0.379. The van der Waals surface area contributed by atoms with Gasteiger partial charge in [0.2, 0.25) is 17.5 Å². The molecule has 30 heteroatoms. The first-order chi connectivity index (χ1) is 45.6. The maximum atomic E-state index is 14.9. The van der Waals surface area contributed by atoms with E-state index in [9.17, 15) is 64.2 Å². The molecule has 512 valence electrons. The average molecular weight is 1340 g/mol. The monoisotopic (exact) mass is 1340 g/mol. The number of carboxylic acid groups (broad SMARTS) is 1. The van der Waals surface area contributed by atoms with Crippen molar-refractivity contribution in [3.8, 4) is 34.0 Å². The number of alkyl halides is 4. The predicted octanol–water partition coefficient (Wildman–Crippen LogP) is 12.9. The van der Waals surface area contributed by atoms with Gasteiger partial charge in [0.1, 0.15) is 5.60 Å². The molecule has 1 aliphatic heterocycles. The molecule has 0 bridgehead atoms. The minimum atomic E-state index is -3.31. The van der Waals surface area contributed by atoms with Crippen LogP contribution in [0.2, 0.25) is 0 Å². The summed E-state index contributed by atoms with van der Waals surface area (Å²) in [7, 11) is 0. The van der Waals surface area contributed by atoms with E-state index in [2.05, 4.69) is 56.0 Å². The van der Waals surface area contributed by atoms with Gasteiger partial charge in [0.05, 0.1) is 23.8 Å². The fourth-order valence-corrected chi connectivity index (χ4v) is 10.5. The Hall–Kier alpha value is -10.3. The van der Waals surface area contributed by atoms with Crippen LogP contribution in [-0.4, -0.2) is 137 Å². The van der Waals surface area contributed by atoms with Gasteiger partial charge in [-0.1, -0.05) is 13.8 Å². The summed E-state index contributed by atoms with van der Waals surface area (Å²) in [5, 5.41) is 24.4. The first-order valence-corrected chi connectivity index (χ1v) is 30.7. The number of ether oxygens (including phenoxy) is 3. The molecule has 22 nitrogen and oxygen atoms in total. The van der Waals surface area contributed by atoms with Crippen molar-refractivity contribution in [2.24, 2.45) is 5.92 Å². The van der Waals surface area contributed by atoms with Crippen LogP contribution in [0.5, 0.6) is 11.5 Å². The number of benzene rings is 4. The molecule has 0 radical (unpaired) electrons. The van der Waals surface area contributed by atoms with Crippen molar-refractivity contribution < 1.29 is 78.4 Å². The molecule has 0 aliphatic carbocycles. The van der Waals surface area contributed by atoms with Gasteiger partial charge < -0.3 is 55.7 Å². The van der Waals surface area contributed by atoms with E-state index in [1.807, 2.05) is 34.6 Å². The molecule has 0 saturated carbocycles. The van der Waals surface area contributed by atoms with E-state index in [-0.39, 0.29) is 70.1 Å². The fourth-order valence-electron chi connectivity index (χ4n) is 10.5. The summed E-state index contributed by atoms with van der Waals surface area (Å²) >= 11 is 0. The van der Waals surface area contributed by atoms with E-state index in [1.54, 1.807) is 62.1 Å². The van der Waals surface area contributed by atoms with Crippen molar-refractivity contribution >= 4 is 64.2 Å². The Morgan fingerprint density at radius 3 is 1.48 bits per heavy atom. The predicted molar refractivity (Wildman–Crippen MR) is 340 cm³/mol. The van der Waals surface area contributed by atoms with Gasteiger partial charge >= 0.3 is 25.4 Å². The quantitative estimate of drug-likeness (QED) is 0.0257. The number of anilines is 4. The zero-order valence-corrected chi connectivity index (χ0v) is 53.8. The summed E-state index contributed by atoms with van der Waals surface area (Å²) < 4.78 is 125. The maximum absolute atomic E-state index is 14.9. The van der Waals surface area contributed by atoms with E-state index < -0.39 is 65.2 Å². The molecule has 1 fully saturated rings. The van der Waals surface area contributed by atoms with Crippen molar-refractivity contribution in [2.45, 2.75) is 118 Å². The number of amides is 5. The number of nitrogens with zero attached hydrogens (tertiary/aromatic N) is 8. The molecule has 96 heavy (non-hydrogen) atoms. The number of rotatable bonds is 23. The van der Waals surface area contributed by atoms with Crippen molar-refractivity contribution in [2.75, 3.05) is 49.9 Å². The molecule has 5 heterocycles. The molecular formula is C66H73F8N13O9. The largest absolute Gasteiger partial charge is 0.465 e. The van der Waals surface area contributed by atoms with Gasteiger partial charge in [-0.15, -0.1) is 0 Å². The zero-order valence-electron chi connectivity index (χ0n) is 53.8. The number of halogens is 8. The molecule has 1 aliphatic rings. The topological polar surface area (TPSA) is 260 Å². The van der Waals surface area contributed by atoms with Gasteiger partial charge in [-0.05, 0) is 152 Å². The Bertz CT molecular complexity index is 4110. The van der Waals surface area contributed by atoms with Gasteiger partial charge in [0.15, 0.2) is 46.1 Å². The number of carbonyl (C=O) groups is 5. The zero-order chi connectivity index (χ0) is 69.8. The van der Waals surface area contributed by atoms with Crippen molar-refractivity contribution in [3.63, 3.8) is 0 Å². The lowest BCUT2D eigenvalue weighted by atomic mass is 9.96. The van der Waals surface area contributed by atoms with Crippen molar-refractivity contribution in [1.82, 2.24) is 54.5 Å². The third-order valence-corrected chi connectivity index (χ3v) is 15.3. The normalized spacial score (nSPS) is 12.7. The number of hydrogen-bond donors (Lipinski definition) is 6. The van der Waals surface area contributed by atoms with Crippen LogP contribution in [0.1, 0.15) is 113 Å². The molecule has 1 saturated heterocycles. The van der Waals surface area contributed by atoms with Gasteiger partial charge in [-0.2, -0.15) is 26.3 Å². The number of carbonyl (C=O) groups excluding carboxylic acids is 4. The summed E-state index contributed by atoms with van der Waals surface area (Å²) in [6, 6.07) is 14.4. The van der Waals surface area contributed by atoms with E-state index in [4.69, 9.17) is 4.74 Å². The van der Waals surface area contributed by atoms with E-state index in [1.165, 1.54) is 50.9 Å². The summed E-state index contributed by atoms with van der Waals surface area (Å²) in [6.45, 7) is 10.3. The summed E-state index contributed by atoms with van der Waals surface area (Å²) in [4.78, 5) is 82.6. The highest BCUT2D eigenvalue weighted by Crippen LogP contribution is 2.35. The van der Waals surface area contributed by atoms with Crippen LogP contribution in [0.4, 0.5) is 67.7 Å². The lowest BCUT2D eigenvalue weighted by Crippen LogP contribution is -2.46. The Labute approximate surface area is 546 Å². The second-order valence-electron chi connectivity index (χ2n) is 24.0. The Balaban J connectivity index is 0.000000249. The van der Waals surface area contributed by atoms with E-state index >= 15 is 0 Å². The summed E-state index contributed by atoms with van der Waals surface area (Å²) in [6.07, 6.45) is 10.2. The van der Waals surface area contributed by atoms with Crippen LogP contribution in [-0.2, 0) is 22.4 Å². The number of nitrogens with one attached hydrogen (secondary N) is 5. The number of imidazole rings is 2. The van der Waals surface area contributed by atoms with Gasteiger partial charge in [-0.25, -0.2) is 38.3 Å². The summed E-state index contributed by atoms with van der Waals surface area (Å²) in [5.74, 6) is -7.87. The lowest BCUT2D eigenvalue weighted by Gasteiger charge is -2.33. The number of aryl methyl sites for hydroxylation is 2. The number of fused-ring (bicyclic) bond motifs is 2. The van der Waals surface area contributed by atoms with Gasteiger partial charge in [0, 0.05) is 109 Å². The van der Waals surface area contributed by atoms with Gasteiger partial charge in [-0.3, -0.25) is 23.2 Å². The second-order valence-corrected chi connectivity index (χ2v) is 24.0. The first-order valence-electron chi connectivity index (χ1n) is 30.7. The van der Waals surface area contributed by atoms with Crippen LogP contribution in [0.25, 0.3) is 33.8 Å². The molecule has 6 N–H and O–H groups in total. The number of piperidine rings is 1. The third-order valence-electron chi connectivity index (χ3n) is 15.3. The van der Waals surface area contributed by atoms with Crippen LogP contribution in [0.3, 0.4) is 0 Å². The van der Waals surface area contributed by atoms with Crippen LogP contribution in [0.15, 0.2) is 97.8 Å². The number of hydrogen-bond acceptors (Lipinski definition) is 14. The SMILES string of the molecule is CCc1cc(Nc2nccn3c(-c4ccc(OC(F)F)c(F)c4F)cnc23)ccc1C(=O)NCCCN(C(=O)O)C(C)(C)C.CCc1cc(Nc2nccn3c(-c4ccc(OC(F)F)c(F)c4F)cnc23)ccc1C(=O)NCCCNC(=O)C1CCN(C(=O)OC(C)(C)C)CC1. The third kappa shape index (κ3) is 17.7. The van der Waals surface area contributed by atoms with Crippen LogP contribution < -0.4 is 36.1 Å². The van der Waals surface area contributed by atoms with Crippen LogP contribution >= 0.6 is 0 Å². The average Bonchev–Trinajstić information content (AvgIpc) is 1.60.